The first kappa shape index (κ1) is 22.6. The minimum atomic E-state index is -1.44. The number of halogens is 1. The Labute approximate surface area is 216 Å². The van der Waals surface area contributed by atoms with Crippen molar-refractivity contribution in [2.75, 3.05) is 26.9 Å². The third kappa shape index (κ3) is 2.35. The van der Waals surface area contributed by atoms with Crippen LogP contribution in [0.3, 0.4) is 0 Å². The number of hydrogen-bond donors (Lipinski definition) is 0. The van der Waals surface area contributed by atoms with E-state index < -0.39 is 35.7 Å². The molecule has 5 aliphatic heterocycles. The second-order valence-corrected chi connectivity index (χ2v) is 10.8. The lowest BCUT2D eigenvalue weighted by atomic mass is 9.75. The van der Waals surface area contributed by atoms with Gasteiger partial charge in [0.15, 0.2) is 17.7 Å². The number of methoxy groups -OCH3 is 1. The van der Waals surface area contributed by atoms with Crippen molar-refractivity contribution in [3.05, 3.63) is 62.2 Å². The quantitative estimate of drug-likeness (QED) is 0.466. The predicted octanol–water partition coefficient (Wildman–Crippen LogP) is 3.17. The van der Waals surface area contributed by atoms with Crippen LogP contribution in [-0.2, 0) is 28.4 Å². The van der Waals surface area contributed by atoms with E-state index in [0.717, 1.165) is 12.0 Å². The molecular weight excluding hydrogens is 504 g/mol. The average Bonchev–Trinajstić information content (AvgIpc) is 3.56. The van der Waals surface area contributed by atoms with Crippen molar-refractivity contribution in [3.63, 3.8) is 0 Å². The van der Waals surface area contributed by atoms with Crippen molar-refractivity contribution < 1.29 is 42.7 Å². The van der Waals surface area contributed by atoms with E-state index in [1.807, 2.05) is 6.92 Å². The summed E-state index contributed by atoms with van der Waals surface area (Å²) in [5, 5.41) is 0.410. The lowest BCUT2D eigenvalue weighted by Crippen LogP contribution is -2.70. The summed E-state index contributed by atoms with van der Waals surface area (Å²) in [6.07, 6.45) is -1.45. The summed E-state index contributed by atoms with van der Waals surface area (Å²) >= 11 is 6.34. The van der Waals surface area contributed by atoms with Crippen molar-refractivity contribution in [1.82, 2.24) is 0 Å². The van der Waals surface area contributed by atoms with Crippen LogP contribution in [0.2, 0.25) is 5.02 Å². The largest absolute Gasteiger partial charge is 0.455 e. The second-order valence-electron chi connectivity index (χ2n) is 10.4. The zero-order chi connectivity index (χ0) is 25.5. The van der Waals surface area contributed by atoms with E-state index in [0.29, 0.717) is 34.9 Å². The molecule has 192 valence electrons. The van der Waals surface area contributed by atoms with Gasteiger partial charge in [0.1, 0.15) is 11.9 Å². The molecule has 5 heterocycles. The molecule has 1 aliphatic carbocycles. The van der Waals surface area contributed by atoms with Crippen molar-refractivity contribution in [3.8, 4) is 5.75 Å². The van der Waals surface area contributed by atoms with E-state index in [1.54, 1.807) is 25.1 Å². The molecule has 10 heteroatoms. The summed E-state index contributed by atoms with van der Waals surface area (Å²) in [5.74, 6) is -3.20. The summed E-state index contributed by atoms with van der Waals surface area (Å²) < 4.78 is 43.9. The minimum absolute atomic E-state index is 0.173. The molecule has 1 spiro atoms. The monoisotopic (exact) mass is 526 g/mol. The maximum Gasteiger partial charge on any atom is 0.277 e. The van der Waals surface area contributed by atoms with E-state index in [1.165, 1.54) is 7.11 Å². The minimum Gasteiger partial charge on any atom is -0.455 e. The van der Waals surface area contributed by atoms with E-state index in [2.05, 4.69) is 0 Å². The van der Waals surface area contributed by atoms with Crippen LogP contribution in [0, 0.1) is 13.8 Å². The Bertz CT molecular complexity index is 1440. The molecule has 3 unspecified atom stereocenters. The molecule has 6 aliphatic rings. The zero-order valence-corrected chi connectivity index (χ0v) is 21.1. The van der Waals surface area contributed by atoms with E-state index in [4.69, 9.17) is 44.8 Å². The average molecular weight is 527 g/mol. The smallest absolute Gasteiger partial charge is 0.277 e. The van der Waals surface area contributed by atoms with E-state index in [9.17, 15) is 9.59 Å². The van der Waals surface area contributed by atoms with Gasteiger partial charge in [0.05, 0.1) is 25.4 Å². The first-order valence-corrected chi connectivity index (χ1v) is 12.7. The highest BCUT2D eigenvalue weighted by Gasteiger charge is 2.93. The fourth-order valence-electron chi connectivity index (χ4n) is 6.88. The molecule has 2 aromatic rings. The van der Waals surface area contributed by atoms with E-state index in [-0.39, 0.29) is 40.6 Å². The fraction of sp³-hybridized carbons (Fsp3) is 0.481. The van der Waals surface area contributed by atoms with Crippen LogP contribution in [0.15, 0.2) is 18.2 Å². The van der Waals surface area contributed by atoms with Crippen molar-refractivity contribution in [1.29, 1.82) is 0 Å². The predicted molar refractivity (Wildman–Crippen MR) is 125 cm³/mol. The molecule has 0 amide bonds. The standard InChI is InChI=1S/C27H23ClO9/c1-11-9-14-18(20(30)17-12(2)15(28)6-5-13(17)19(14)29)21-16(11)22-23-26(31-3,35-21)25(10-34-25)27(36-22,37-23)24-32-7-4-8-33-24/h5-6,9,22-24H,4,7-8,10H2,1-3H3/t22?,23?,25-,26+,27?/m0/s1. The van der Waals surface area contributed by atoms with Crippen LogP contribution in [0.25, 0.3) is 0 Å². The van der Waals surface area contributed by atoms with E-state index >= 15 is 0 Å². The van der Waals surface area contributed by atoms with Crippen LogP contribution >= 0.6 is 11.6 Å². The van der Waals surface area contributed by atoms with Gasteiger partial charge in [-0.2, -0.15) is 0 Å². The van der Waals surface area contributed by atoms with Gasteiger partial charge < -0.3 is 33.2 Å². The summed E-state index contributed by atoms with van der Waals surface area (Å²) in [5.41, 5.74) is 1.79. The summed E-state index contributed by atoms with van der Waals surface area (Å²) in [6, 6.07) is 4.96. The molecular formula is C27H23ClO9. The molecule has 2 aromatic carbocycles. The van der Waals surface area contributed by atoms with Crippen molar-refractivity contribution in [2.24, 2.45) is 0 Å². The molecule has 0 radical (unpaired) electrons. The number of ether oxygens (including phenoxy) is 7. The third-order valence-electron chi connectivity index (χ3n) is 8.66. The normalized spacial score (nSPS) is 36.9. The number of epoxide rings is 1. The molecule has 9 nitrogen and oxygen atoms in total. The molecule has 0 N–H and O–H groups in total. The third-order valence-corrected chi connectivity index (χ3v) is 9.07. The van der Waals surface area contributed by atoms with Gasteiger partial charge in [-0.05, 0) is 49.6 Å². The number of carbonyl (C=O) groups excluding carboxylic acids is 2. The Morgan fingerprint density at radius 1 is 1.03 bits per heavy atom. The maximum absolute atomic E-state index is 14.0. The second kappa shape index (κ2) is 6.98. The first-order chi connectivity index (χ1) is 17.8. The Hall–Kier alpha value is -2.37. The SMILES string of the molecule is CO[C@@]12Oc3c4c(cc(C)c3C3OC(C5OCCCO5)(OC31)[C@]21CO1)C(=O)c1ccc(Cl)c(C)c1C4=O. The van der Waals surface area contributed by atoms with Crippen LogP contribution in [0.1, 0.15) is 61.1 Å². The van der Waals surface area contributed by atoms with Gasteiger partial charge in [0.2, 0.25) is 11.9 Å². The molecule has 4 saturated heterocycles. The van der Waals surface area contributed by atoms with Crippen molar-refractivity contribution >= 4 is 23.2 Å². The number of rotatable bonds is 2. The highest BCUT2D eigenvalue weighted by molar-refractivity contribution is 6.35. The number of carbonyl (C=O) groups is 2. The number of ketones is 2. The van der Waals surface area contributed by atoms with Gasteiger partial charge in [-0.15, -0.1) is 0 Å². The van der Waals surface area contributed by atoms with Gasteiger partial charge >= 0.3 is 0 Å². The Balaban J connectivity index is 1.35. The maximum atomic E-state index is 14.0. The number of fused-ring (bicyclic) bond motifs is 8. The lowest BCUT2D eigenvalue weighted by molar-refractivity contribution is -0.365. The molecule has 2 bridgehead atoms. The van der Waals surface area contributed by atoms with Crippen LogP contribution in [0.4, 0.5) is 0 Å². The molecule has 37 heavy (non-hydrogen) atoms. The Morgan fingerprint density at radius 2 is 1.78 bits per heavy atom. The highest BCUT2D eigenvalue weighted by atomic mass is 35.5. The summed E-state index contributed by atoms with van der Waals surface area (Å²) in [6.45, 7) is 4.80. The zero-order valence-electron chi connectivity index (χ0n) is 20.3. The van der Waals surface area contributed by atoms with Crippen LogP contribution in [-0.4, -0.2) is 68.1 Å². The lowest BCUT2D eigenvalue weighted by Gasteiger charge is -2.50. The summed E-state index contributed by atoms with van der Waals surface area (Å²) in [4.78, 5) is 27.7. The molecule has 8 rings (SSSR count). The number of aryl methyl sites for hydroxylation is 1. The Kier molecular flexibility index (Phi) is 4.26. The van der Waals surface area contributed by atoms with Gasteiger partial charge in [-0.25, -0.2) is 0 Å². The highest BCUT2D eigenvalue weighted by Crippen LogP contribution is 2.71. The fourth-order valence-corrected chi connectivity index (χ4v) is 7.04. The van der Waals surface area contributed by atoms with Crippen molar-refractivity contribution in [2.45, 2.75) is 55.9 Å². The first-order valence-electron chi connectivity index (χ1n) is 12.3. The summed E-state index contributed by atoms with van der Waals surface area (Å²) in [7, 11) is 1.51. The van der Waals surface area contributed by atoms with Gasteiger partial charge in [0.25, 0.3) is 11.6 Å². The van der Waals surface area contributed by atoms with Gasteiger partial charge in [-0.3, -0.25) is 9.59 Å². The number of hydrogen-bond acceptors (Lipinski definition) is 9. The van der Waals surface area contributed by atoms with Gasteiger partial charge in [-0.1, -0.05) is 11.6 Å². The van der Waals surface area contributed by atoms with Crippen LogP contribution < -0.4 is 4.74 Å². The molecule has 5 atom stereocenters. The molecule has 0 aromatic heterocycles. The topological polar surface area (TPSA) is 102 Å². The van der Waals surface area contributed by atoms with Crippen LogP contribution in [0.5, 0.6) is 5.75 Å². The number of benzene rings is 2. The Morgan fingerprint density at radius 3 is 2.49 bits per heavy atom. The molecule has 0 saturated carbocycles. The van der Waals surface area contributed by atoms with Gasteiger partial charge in [0, 0.05) is 34.4 Å². The molecule has 4 fully saturated rings.